The first-order valence-corrected chi connectivity index (χ1v) is 11.0. The third kappa shape index (κ3) is 5.01. The summed E-state index contributed by atoms with van der Waals surface area (Å²) in [5.41, 5.74) is 7.38. The van der Waals surface area contributed by atoms with Crippen LogP contribution in [0.4, 0.5) is 5.69 Å². The first kappa shape index (κ1) is 20.8. The molecule has 1 heterocycles. The van der Waals surface area contributed by atoms with Gasteiger partial charge in [-0.05, 0) is 61.7 Å². The van der Waals surface area contributed by atoms with E-state index in [0.29, 0.717) is 5.75 Å². The second-order valence-electron chi connectivity index (χ2n) is 7.51. The lowest BCUT2D eigenvalue weighted by molar-refractivity contribution is -0.118. The molecule has 0 radical (unpaired) electrons. The quantitative estimate of drug-likeness (QED) is 0.385. The van der Waals surface area contributed by atoms with Crippen molar-refractivity contribution >= 4 is 22.9 Å². The fourth-order valence-electron chi connectivity index (χ4n) is 3.22. The zero-order valence-electron chi connectivity index (χ0n) is 17.8. The summed E-state index contributed by atoms with van der Waals surface area (Å²) in [5.74, 6) is 0.503. The highest BCUT2D eigenvalue weighted by Gasteiger charge is 2.09. The summed E-state index contributed by atoms with van der Waals surface area (Å²) in [7, 11) is 0. The molecular weight excluding hydrogens is 404 g/mol. The van der Waals surface area contributed by atoms with E-state index in [1.54, 1.807) is 11.3 Å². The number of amides is 1. The molecule has 0 unspecified atom stereocenters. The van der Waals surface area contributed by atoms with Gasteiger partial charge in [0.15, 0.2) is 6.61 Å². The summed E-state index contributed by atoms with van der Waals surface area (Å²) in [6.07, 6.45) is 0. The maximum Gasteiger partial charge on any atom is 0.262 e. The van der Waals surface area contributed by atoms with Crippen LogP contribution in [0.1, 0.15) is 16.7 Å². The van der Waals surface area contributed by atoms with Crippen molar-refractivity contribution in [2.45, 2.75) is 20.8 Å². The number of hydrogen-bond acceptors (Lipinski definition) is 4. The van der Waals surface area contributed by atoms with Gasteiger partial charge in [-0.15, -0.1) is 11.3 Å². The van der Waals surface area contributed by atoms with Crippen LogP contribution in [0, 0.1) is 20.8 Å². The molecule has 5 heteroatoms. The van der Waals surface area contributed by atoms with Crippen molar-refractivity contribution in [2.75, 3.05) is 11.9 Å². The predicted molar refractivity (Wildman–Crippen MR) is 128 cm³/mol. The molecule has 0 spiro atoms. The molecule has 0 aliphatic carbocycles. The number of aromatic nitrogens is 1. The summed E-state index contributed by atoms with van der Waals surface area (Å²) in [4.78, 5) is 17.0. The van der Waals surface area contributed by atoms with Gasteiger partial charge in [0.1, 0.15) is 10.8 Å². The standard InChI is InChI=1S/C26H24N2O2S/c1-17-8-13-22(14-19(17)3)30-15-25(29)27-21-11-9-20(10-12-21)24-16-31-26(28-24)23-7-5-4-6-18(23)2/h4-14,16H,15H2,1-3H3,(H,27,29). The Morgan fingerprint density at radius 3 is 2.45 bits per heavy atom. The van der Waals surface area contributed by atoms with Crippen molar-refractivity contribution < 1.29 is 9.53 Å². The minimum atomic E-state index is -0.193. The van der Waals surface area contributed by atoms with Crippen LogP contribution in [-0.2, 0) is 4.79 Å². The van der Waals surface area contributed by atoms with E-state index in [4.69, 9.17) is 9.72 Å². The second kappa shape index (κ2) is 9.14. The van der Waals surface area contributed by atoms with Gasteiger partial charge in [-0.1, -0.05) is 42.5 Å². The molecule has 0 aliphatic rings. The zero-order chi connectivity index (χ0) is 21.8. The van der Waals surface area contributed by atoms with E-state index in [9.17, 15) is 4.79 Å². The smallest absolute Gasteiger partial charge is 0.262 e. The molecule has 3 aromatic carbocycles. The maximum absolute atomic E-state index is 12.2. The Labute approximate surface area is 186 Å². The average molecular weight is 429 g/mol. The zero-order valence-corrected chi connectivity index (χ0v) is 18.6. The van der Waals surface area contributed by atoms with Gasteiger partial charge in [0, 0.05) is 22.2 Å². The summed E-state index contributed by atoms with van der Waals surface area (Å²) in [5, 5.41) is 5.94. The molecule has 1 aromatic heterocycles. The summed E-state index contributed by atoms with van der Waals surface area (Å²) in [6.45, 7) is 6.13. The molecule has 0 aliphatic heterocycles. The van der Waals surface area contributed by atoms with Crippen molar-refractivity contribution in [1.82, 2.24) is 4.98 Å². The molecule has 0 saturated heterocycles. The third-order valence-electron chi connectivity index (χ3n) is 5.19. The first-order chi connectivity index (χ1) is 15.0. The largest absolute Gasteiger partial charge is 0.484 e. The van der Waals surface area contributed by atoms with E-state index in [1.165, 1.54) is 11.1 Å². The molecule has 0 bridgehead atoms. The van der Waals surface area contributed by atoms with E-state index >= 15 is 0 Å². The van der Waals surface area contributed by atoms with Crippen LogP contribution in [0.5, 0.6) is 5.75 Å². The van der Waals surface area contributed by atoms with Crippen LogP contribution >= 0.6 is 11.3 Å². The number of anilines is 1. The molecule has 31 heavy (non-hydrogen) atoms. The van der Waals surface area contributed by atoms with Crippen molar-refractivity contribution in [3.63, 3.8) is 0 Å². The number of hydrogen-bond donors (Lipinski definition) is 1. The molecule has 0 atom stereocenters. The highest BCUT2D eigenvalue weighted by Crippen LogP contribution is 2.31. The van der Waals surface area contributed by atoms with E-state index in [2.05, 4.69) is 29.8 Å². The fourth-order valence-corrected chi connectivity index (χ4v) is 4.14. The molecule has 4 rings (SSSR count). The van der Waals surface area contributed by atoms with E-state index in [-0.39, 0.29) is 12.5 Å². The van der Waals surface area contributed by atoms with Crippen LogP contribution in [-0.4, -0.2) is 17.5 Å². The maximum atomic E-state index is 12.2. The highest BCUT2D eigenvalue weighted by molar-refractivity contribution is 7.13. The Bertz CT molecular complexity index is 1210. The van der Waals surface area contributed by atoms with Crippen LogP contribution in [0.3, 0.4) is 0 Å². The summed E-state index contributed by atoms with van der Waals surface area (Å²) >= 11 is 1.64. The van der Waals surface area contributed by atoms with Crippen molar-refractivity contribution in [3.8, 4) is 27.6 Å². The van der Waals surface area contributed by atoms with Crippen molar-refractivity contribution in [1.29, 1.82) is 0 Å². The van der Waals surface area contributed by atoms with Crippen LogP contribution < -0.4 is 10.1 Å². The van der Waals surface area contributed by atoms with Crippen LogP contribution in [0.2, 0.25) is 0 Å². The Kier molecular flexibility index (Phi) is 6.14. The van der Waals surface area contributed by atoms with Crippen molar-refractivity contribution in [2.24, 2.45) is 0 Å². The Morgan fingerprint density at radius 2 is 1.71 bits per heavy atom. The normalized spacial score (nSPS) is 10.7. The Morgan fingerprint density at radius 1 is 0.935 bits per heavy atom. The number of rotatable bonds is 6. The van der Waals surface area contributed by atoms with Gasteiger partial charge < -0.3 is 10.1 Å². The van der Waals surface area contributed by atoms with Gasteiger partial charge in [-0.25, -0.2) is 4.98 Å². The van der Waals surface area contributed by atoms with Crippen LogP contribution in [0.15, 0.2) is 72.1 Å². The topological polar surface area (TPSA) is 51.2 Å². The number of nitrogens with zero attached hydrogens (tertiary/aromatic N) is 1. The molecule has 4 aromatic rings. The van der Waals surface area contributed by atoms with Crippen molar-refractivity contribution in [3.05, 3.63) is 88.8 Å². The molecule has 4 nitrogen and oxygen atoms in total. The van der Waals surface area contributed by atoms with Gasteiger partial charge in [-0.3, -0.25) is 4.79 Å². The monoisotopic (exact) mass is 428 g/mol. The first-order valence-electron chi connectivity index (χ1n) is 10.1. The predicted octanol–water partition coefficient (Wildman–Crippen LogP) is 6.42. The van der Waals surface area contributed by atoms with E-state index < -0.39 is 0 Å². The summed E-state index contributed by atoms with van der Waals surface area (Å²) in [6, 6.07) is 21.8. The van der Waals surface area contributed by atoms with Gasteiger partial charge in [0.05, 0.1) is 5.69 Å². The number of carbonyl (C=O) groups excluding carboxylic acids is 1. The minimum Gasteiger partial charge on any atom is -0.484 e. The molecule has 156 valence electrons. The van der Waals surface area contributed by atoms with Crippen LogP contribution in [0.25, 0.3) is 21.8 Å². The number of nitrogens with one attached hydrogen (secondary N) is 1. The fraction of sp³-hybridized carbons (Fsp3) is 0.154. The lowest BCUT2D eigenvalue weighted by Crippen LogP contribution is -2.20. The van der Waals surface area contributed by atoms with Gasteiger partial charge in [0.2, 0.25) is 0 Å². The SMILES string of the molecule is Cc1ccc(OCC(=O)Nc2ccc(-c3csc(-c4ccccc4C)n3)cc2)cc1C. The second-order valence-corrected chi connectivity index (χ2v) is 8.37. The van der Waals surface area contributed by atoms with Gasteiger partial charge in [0.25, 0.3) is 5.91 Å². The number of ether oxygens (including phenoxy) is 1. The highest BCUT2D eigenvalue weighted by atomic mass is 32.1. The number of thiazole rings is 1. The Balaban J connectivity index is 1.37. The number of aryl methyl sites for hydroxylation is 3. The van der Waals surface area contributed by atoms with E-state index in [0.717, 1.165) is 33.1 Å². The number of benzene rings is 3. The molecule has 0 fully saturated rings. The average Bonchev–Trinajstić information content (AvgIpc) is 3.25. The lowest BCUT2D eigenvalue weighted by Gasteiger charge is -2.09. The van der Waals surface area contributed by atoms with Gasteiger partial charge in [-0.2, -0.15) is 0 Å². The molecular formula is C26H24N2O2S. The van der Waals surface area contributed by atoms with E-state index in [1.807, 2.05) is 68.4 Å². The third-order valence-corrected chi connectivity index (χ3v) is 6.07. The lowest BCUT2D eigenvalue weighted by atomic mass is 10.1. The summed E-state index contributed by atoms with van der Waals surface area (Å²) < 4.78 is 5.60. The molecule has 1 amide bonds. The Hall–Kier alpha value is -3.44. The minimum absolute atomic E-state index is 0.0316. The molecule has 1 N–H and O–H groups in total. The number of carbonyl (C=O) groups is 1. The molecule has 0 saturated carbocycles. The van der Waals surface area contributed by atoms with Gasteiger partial charge >= 0.3 is 0 Å².